The summed E-state index contributed by atoms with van der Waals surface area (Å²) in [5, 5.41) is 8.42. The predicted octanol–water partition coefficient (Wildman–Crippen LogP) is 2.65. The van der Waals surface area contributed by atoms with Gasteiger partial charge in [-0.2, -0.15) is 5.11 Å². The van der Waals surface area contributed by atoms with Crippen LogP contribution in [0.3, 0.4) is 0 Å². The lowest BCUT2D eigenvalue weighted by atomic mass is 10.1. The molecule has 0 radical (unpaired) electrons. The number of nitrogens with two attached hydrogens (primary N) is 1. The van der Waals surface area contributed by atoms with E-state index >= 15 is 0 Å². The molecule has 2 rings (SSSR count). The van der Waals surface area contributed by atoms with Gasteiger partial charge in [0.25, 0.3) is 0 Å². The molecule has 0 spiro atoms. The molecule has 13 heavy (non-hydrogen) atoms. The minimum atomic E-state index is -0.0706. The first-order chi connectivity index (χ1) is 6.25. The smallest absolute Gasteiger partial charge is 0.144 e. The van der Waals surface area contributed by atoms with Crippen LogP contribution in [0.4, 0.5) is 0 Å². The highest BCUT2D eigenvalue weighted by atomic mass is 35.5. The first-order valence-electron chi connectivity index (χ1n) is 3.89. The van der Waals surface area contributed by atoms with Crippen molar-refractivity contribution >= 4 is 11.6 Å². The molecule has 0 saturated carbocycles. The highest BCUT2D eigenvalue weighted by Gasteiger charge is 2.12. The average molecular weight is 194 g/mol. The topological polar surface area (TPSA) is 50.7 Å². The summed E-state index contributed by atoms with van der Waals surface area (Å²) >= 11 is 5.84. The fourth-order valence-corrected chi connectivity index (χ4v) is 1.41. The van der Waals surface area contributed by atoms with Crippen LogP contribution in [0.5, 0.6) is 0 Å². The van der Waals surface area contributed by atoms with Crippen molar-refractivity contribution < 1.29 is 0 Å². The average Bonchev–Trinajstić information content (AvgIpc) is 2.52. The van der Waals surface area contributed by atoms with Crippen molar-refractivity contribution in [3.8, 4) is 0 Å². The van der Waals surface area contributed by atoms with Crippen LogP contribution in [0.2, 0.25) is 5.02 Å². The molecule has 1 heterocycles. The monoisotopic (exact) mass is 193 g/mol. The highest BCUT2D eigenvalue weighted by Crippen LogP contribution is 2.26. The third-order valence-corrected chi connectivity index (χ3v) is 2.05. The molecule has 0 bridgehead atoms. The lowest BCUT2D eigenvalue weighted by molar-refractivity contribution is 0.879. The Morgan fingerprint density at radius 2 is 2.23 bits per heavy atom. The third-order valence-electron chi connectivity index (χ3n) is 1.82. The standard InChI is InChI=1S/C9H8ClN3/c10-7-3-1-2-6(4-7)8-5-9(11)13-12-8/h1-5,8H,11H2/t8-/m1/s1. The maximum absolute atomic E-state index is 5.84. The van der Waals surface area contributed by atoms with Crippen LogP contribution in [0, 0.1) is 0 Å². The second-order valence-electron chi connectivity index (χ2n) is 2.81. The van der Waals surface area contributed by atoms with Crippen molar-refractivity contribution in [1.29, 1.82) is 0 Å². The number of nitrogens with zero attached hydrogens (tertiary/aromatic N) is 2. The molecule has 1 aromatic rings. The van der Waals surface area contributed by atoms with E-state index in [1.165, 1.54) is 0 Å². The summed E-state index contributed by atoms with van der Waals surface area (Å²) < 4.78 is 0. The largest absolute Gasteiger partial charge is 0.382 e. The van der Waals surface area contributed by atoms with E-state index in [9.17, 15) is 0 Å². The highest BCUT2D eigenvalue weighted by molar-refractivity contribution is 6.30. The van der Waals surface area contributed by atoms with Crippen molar-refractivity contribution in [1.82, 2.24) is 0 Å². The molecule has 1 aliphatic heterocycles. The van der Waals surface area contributed by atoms with Gasteiger partial charge in [0.15, 0.2) is 0 Å². The van der Waals surface area contributed by atoms with Crippen LogP contribution < -0.4 is 5.73 Å². The Hall–Kier alpha value is -1.35. The minimum Gasteiger partial charge on any atom is -0.382 e. The molecule has 66 valence electrons. The fourth-order valence-electron chi connectivity index (χ4n) is 1.21. The molecular weight excluding hydrogens is 186 g/mol. The van der Waals surface area contributed by atoms with Gasteiger partial charge in [0.2, 0.25) is 0 Å². The van der Waals surface area contributed by atoms with E-state index in [4.69, 9.17) is 17.3 Å². The van der Waals surface area contributed by atoms with Gasteiger partial charge in [0.1, 0.15) is 11.9 Å². The van der Waals surface area contributed by atoms with E-state index in [-0.39, 0.29) is 6.04 Å². The van der Waals surface area contributed by atoms with E-state index in [2.05, 4.69) is 10.2 Å². The zero-order valence-electron chi connectivity index (χ0n) is 6.81. The normalized spacial score (nSPS) is 20.4. The van der Waals surface area contributed by atoms with Gasteiger partial charge in [-0.1, -0.05) is 23.7 Å². The summed E-state index contributed by atoms with van der Waals surface area (Å²) in [6.07, 6.45) is 1.80. The lowest BCUT2D eigenvalue weighted by Crippen LogP contribution is -1.91. The van der Waals surface area contributed by atoms with Crippen LogP contribution >= 0.6 is 11.6 Å². The second kappa shape index (κ2) is 3.18. The summed E-state index contributed by atoms with van der Waals surface area (Å²) in [5.74, 6) is 0.463. The summed E-state index contributed by atoms with van der Waals surface area (Å²) in [6, 6.07) is 7.45. The number of hydrogen-bond donors (Lipinski definition) is 1. The van der Waals surface area contributed by atoms with Crippen molar-refractivity contribution in [2.24, 2.45) is 16.0 Å². The van der Waals surface area contributed by atoms with E-state index < -0.39 is 0 Å². The molecular formula is C9H8ClN3. The molecule has 0 fully saturated rings. The summed E-state index contributed by atoms with van der Waals surface area (Å²) in [7, 11) is 0. The van der Waals surface area contributed by atoms with Crippen molar-refractivity contribution in [3.05, 3.63) is 46.7 Å². The first-order valence-corrected chi connectivity index (χ1v) is 4.27. The number of hydrogen-bond acceptors (Lipinski definition) is 3. The van der Waals surface area contributed by atoms with E-state index in [0.717, 1.165) is 5.56 Å². The lowest BCUT2D eigenvalue weighted by Gasteiger charge is -2.02. The quantitative estimate of drug-likeness (QED) is 0.733. The van der Waals surface area contributed by atoms with Gasteiger partial charge in [-0.15, -0.1) is 5.11 Å². The van der Waals surface area contributed by atoms with E-state index in [0.29, 0.717) is 10.8 Å². The molecule has 3 nitrogen and oxygen atoms in total. The molecule has 1 atom stereocenters. The zero-order valence-corrected chi connectivity index (χ0v) is 7.57. The first kappa shape index (κ1) is 8.26. The number of rotatable bonds is 1. The van der Waals surface area contributed by atoms with Crippen LogP contribution in [0.1, 0.15) is 11.6 Å². The molecule has 1 aromatic carbocycles. The molecule has 4 heteroatoms. The molecule has 0 amide bonds. The molecule has 0 aliphatic carbocycles. The SMILES string of the molecule is NC1=C[C@H](c2cccc(Cl)c2)N=N1. The summed E-state index contributed by atoms with van der Waals surface area (Å²) in [4.78, 5) is 0. The Bertz CT molecular complexity index is 384. The molecule has 0 saturated heterocycles. The van der Waals surface area contributed by atoms with E-state index in [1.807, 2.05) is 24.3 Å². The Morgan fingerprint density at radius 1 is 1.38 bits per heavy atom. The number of benzene rings is 1. The van der Waals surface area contributed by atoms with Crippen molar-refractivity contribution in [3.63, 3.8) is 0 Å². The predicted molar refractivity (Wildman–Crippen MR) is 51.3 cm³/mol. The Kier molecular flexibility index (Phi) is 2.02. The number of azo groups is 1. The van der Waals surface area contributed by atoms with Crippen molar-refractivity contribution in [2.75, 3.05) is 0 Å². The molecule has 0 aromatic heterocycles. The maximum Gasteiger partial charge on any atom is 0.144 e. The van der Waals surface area contributed by atoms with Gasteiger partial charge in [-0.05, 0) is 23.8 Å². The Morgan fingerprint density at radius 3 is 2.85 bits per heavy atom. The molecule has 2 N–H and O–H groups in total. The van der Waals surface area contributed by atoms with Crippen LogP contribution in [0.25, 0.3) is 0 Å². The second-order valence-corrected chi connectivity index (χ2v) is 3.24. The maximum atomic E-state index is 5.84. The Balaban J connectivity index is 2.32. The summed E-state index contributed by atoms with van der Waals surface area (Å²) in [6.45, 7) is 0. The Labute approximate surface area is 80.9 Å². The van der Waals surface area contributed by atoms with E-state index in [1.54, 1.807) is 6.08 Å². The van der Waals surface area contributed by atoms with Crippen LogP contribution in [-0.2, 0) is 0 Å². The third kappa shape index (κ3) is 1.70. The summed E-state index contributed by atoms with van der Waals surface area (Å²) in [5.41, 5.74) is 6.48. The van der Waals surface area contributed by atoms with Gasteiger partial charge >= 0.3 is 0 Å². The fraction of sp³-hybridized carbons (Fsp3) is 0.111. The van der Waals surface area contributed by atoms with Gasteiger partial charge < -0.3 is 5.73 Å². The molecule has 1 aliphatic rings. The van der Waals surface area contributed by atoms with Crippen LogP contribution in [-0.4, -0.2) is 0 Å². The van der Waals surface area contributed by atoms with Crippen LogP contribution in [0.15, 0.2) is 46.4 Å². The van der Waals surface area contributed by atoms with Gasteiger partial charge in [-0.3, -0.25) is 0 Å². The van der Waals surface area contributed by atoms with Gasteiger partial charge in [0.05, 0.1) is 0 Å². The molecule has 0 unspecified atom stereocenters. The van der Waals surface area contributed by atoms with Gasteiger partial charge in [-0.25, -0.2) is 0 Å². The number of halogens is 1. The van der Waals surface area contributed by atoms with Gasteiger partial charge in [0, 0.05) is 5.02 Å². The van der Waals surface area contributed by atoms with Crippen molar-refractivity contribution in [2.45, 2.75) is 6.04 Å². The zero-order chi connectivity index (χ0) is 9.26. The minimum absolute atomic E-state index is 0.0706.